The maximum Gasteiger partial charge on any atom is 0.274 e. The van der Waals surface area contributed by atoms with Crippen LogP contribution in [0.3, 0.4) is 0 Å². The average Bonchev–Trinajstić information content (AvgIpc) is 3.20. The highest BCUT2D eigenvalue weighted by Crippen LogP contribution is 2.26. The molecular formula is C26H28FN3O2. The molecule has 0 atom stereocenters. The van der Waals surface area contributed by atoms with Crippen LogP contribution in [0.4, 0.5) is 4.39 Å². The van der Waals surface area contributed by atoms with Crippen LogP contribution in [0.25, 0.3) is 0 Å². The molecule has 0 spiro atoms. The first-order valence-electron chi connectivity index (χ1n) is 11.4. The quantitative estimate of drug-likeness (QED) is 0.605. The van der Waals surface area contributed by atoms with Crippen LogP contribution in [0, 0.1) is 11.7 Å². The maximum absolute atomic E-state index is 13.4. The Hall–Kier alpha value is -2.99. The molecule has 0 radical (unpaired) electrons. The van der Waals surface area contributed by atoms with Gasteiger partial charge in [-0.3, -0.25) is 9.48 Å². The summed E-state index contributed by atoms with van der Waals surface area (Å²) in [5.74, 6) is 0.355. The highest BCUT2D eigenvalue weighted by molar-refractivity contribution is 5.94. The number of aromatic nitrogens is 2. The van der Waals surface area contributed by atoms with Gasteiger partial charge in [-0.1, -0.05) is 42.5 Å². The SMILES string of the molecule is O=C(c1nn(Cc2ccc(F)cc2)c2c1COCC2)N1CCC(Cc2ccccc2)CC1. The molecule has 0 aliphatic carbocycles. The summed E-state index contributed by atoms with van der Waals surface area (Å²) in [5.41, 5.74) is 4.81. The van der Waals surface area contributed by atoms with Crippen LogP contribution in [0.1, 0.15) is 45.7 Å². The van der Waals surface area contributed by atoms with Gasteiger partial charge in [0, 0.05) is 30.8 Å². The summed E-state index contributed by atoms with van der Waals surface area (Å²) in [7, 11) is 0. The average molecular weight is 434 g/mol. The smallest absolute Gasteiger partial charge is 0.274 e. The Balaban J connectivity index is 1.29. The summed E-state index contributed by atoms with van der Waals surface area (Å²) < 4.78 is 20.8. The van der Waals surface area contributed by atoms with Gasteiger partial charge in [-0.05, 0) is 48.4 Å². The van der Waals surface area contributed by atoms with Gasteiger partial charge in [0.1, 0.15) is 5.82 Å². The van der Waals surface area contributed by atoms with Gasteiger partial charge in [0.05, 0.1) is 19.8 Å². The molecule has 32 heavy (non-hydrogen) atoms. The van der Waals surface area contributed by atoms with Crippen LogP contribution < -0.4 is 0 Å². The normalized spacial score (nSPS) is 16.7. The van der Waals surface area contributed by atoms with Crippen LogP contribution in [-0.2, 0) is 30.7 Å². The summed E-state index contributed by atoms with van der Waals surface area (Å²) in [6.45, 7) is 3.09. The van der Waals surface area contributed by atoms with Crippen molar-refractivity contribution in [3.8, 4) is 0 Å². The topological polar surface area (TPSA) is 47.4 Å². The van der Waals surface area contributed by atoms with E-state index in [1.807, 2.05) is 15.6 Å². The van der Waals surface area contributed by atoms with Gasteiger partial charge in [0.2, 0.25) is 0 Å². The van der Waals surface area contributed by atoms with E-state index in [-0.39, 0.29) is 11.7 Å². The number of nitrogens with zero attached hydrogens (tertiary/aromatic N) is 3. The zero-order valence-electron chi connectivity index (χ0n) is 18.2. The van der Waals surface area contributed by atoms with Gasteiger partial charge in [-0.2, -0.15) is 5.10 Å². The Bertz CT molecular complexity index is 1070. The van der Waals surface area contributed by atoms with E-state index in [2.05, 4.69) is 24.3 Å². The third kappa shape index (κ3) is 4.46. The molecule has 2 aromatic carbocycles. The lowest BCUT2D eigenvalue weighted by Crippen LogP contribution is -2.39. The number of ether oxygens (including phenoxy) is 1. The van der Waals surface area contributed by atoms with Crippen molar-refractivity contribution in [2.75, 3.05) is 19.7 Å². The Kier molecular flexibility index (Phi) is 6.04. The Labute approximate surface area is 187 Å². The molecule has 0 saturated carbocycles. The summed E-state index contributed by atoms with van der Waals surface area (Å²) in [6.07, 6.45) is 3.82. The highest BCUT2D eigenvalue weighted by atomic mass is 19.1. The Morgan fingerprint density at radius 2 is 1.78 bits per heavy atom. The van der Waals surface area contributed by atoms with Crippen LogP contribution in [-0.4, -0.2) is 40.3 Å². The first-order chi connectivity index (χ1) is 15.7. The van der Waals surface area contributed by atoms with E-state index in [0.717, 1.165) is 55.6 Å². The standard InChI is InChI=1S/C26H28FN3O2/c27-22-8-6-21(7-9-22)17-30-24-12-15-32-18-23(24)25(28-30)26(31)29-13-10-20(11-14-29)16-19-4-2-1-3-5-19/h1-9,20H,10-18H2. The predicted molar refractivity (Wildman–Crippen MR) is 120 cm³/mol. The van der Waals surface area contributed by atoms with Crippen molar-refractivity contribution in [2.45, 2.75) is 38.8 Å². The van der Waals surface area contributed by atoms with Crippen LogP contribution >= 0.6 is 0 Å². The molecular weight excluding hydrogens is 405 g/mol. The second-order valence-electron chi connectivity index (χ2n) is 8.79. The fourth-order valence-electron chi connectivity index (χ4n) is 4.81. The monoisotopic (exact) mass is 433 g/mol. The van der Waals surface area contributed by atoms with E-state index < -0.39 is 0 Å². The summed E-state index contributed by atoms with van der Waals surface area (Å²) >= 11 is 0. The second kappa shape index (κ2) is 9.25. The molecule has 5 rings (SSSR count). The minimum atomic E-state index is -0.254. The second-order valence-corrected chi connectivity index (χ2v) is 8.79. The van der Waals surface area contributed by atoms with Gasteiger partial charge in [0.25, 0.3) is 5.91 Å². The first kappa shape index (κ1) is 20.9. The zero-order valence-corrected chi connectivity index (χ0v) is 18.2. The third-order valence-corrected chi connectivity index (χ3v) is 6.61. The van der Waals surface area contributed by atoms with E-state index in [1.165, 1.54) is 17.7 Å². The minimum Gasteiger partial charge on any atom is -0.376 e. The van der Waals surface area contributed by atoms with Crippen molar-refractivity contribution in [1.29, 1.82) is 0 Å². The molecule has 0 N–H and O–H groups in total. The summed E-state index contributed by atoms with van der Waals surface area (Å²) in [5, 5.41) is 4.72. The number of carbonyl (C=O) groups is 1. The molecule has 5 nitrogen and oxygen atoms in total. The van der Waals surface area contributed by atoms with Gasteiger partial charge in [-0.25, -0.2) is 4.39 Å². The number of amides is 1. The van der Waals surface area contributed by atoms with Crippen molar-refractivity contribution in [3.05, 3.63) is 88.5 Å². The lowest BCUT2D eigenvalue weighted by atomic mass is 9.90. The zero-order chi connectivity index (χ0) is 21.9. The molecule has 0 unspecified atom stereocenters. The molecule has 1 saturated heterocycles. The molecule has 2 aliphatic rings. The number of halogens is 1. The molecule has 0 bridgehead atoms. The highest BCUT2D eigenvalue weighted by Gasteiger charge is 2.30. The number of carbonyl (C=O) groups excluding carboxylic acids is 1. The van der Waals surface area contributed by atoms with E-state index in [1.54, 1.807) is 12.1 Å². The lowest BCUT2D eigenvalue weighted by molar-refractivity contribution is 0.0672. The van der Waals surface area contributed by atoms with Crippen LogP contribution in [0.5, 0.6) is 0 Å². The molecule has 1 amide bonds. The lowest BCUT2D eigenvalue weighted by Gasteiger charge is -2.32. The molecule has 3 aromatic rings. The van der Waals surface area contributed by atoms with Gasteiger partial charge < -0.3 is 9.64 Å². The number of hydrogen-bond donors (Lipinski definition) is 0. The van der Waals surface area contributed by atoms with Crippen LogP contribution in [0.15, 0.2) is 54.6 Å². The number of benzene rings is 2. The largest absolute Gasteiger partial charge is 0.376 e. The summed E-state index contributed by atoms with van der Waals surface area (Å²) in [6, 6.07) is 17.0. The van der Waals surface area contributed by atoms with Crippen molar-refractivity contribution >= 4 is 5.91 Å². The molecule has 6 heteroatoms. The maximum atomic E-state index is 13.4. The van der Waals surface area contributed by atoms with Crippen molar-refractivity contribution in [3.63, 3.8) is 0 Å². The number of likely N-dealkylation sites (tertiary alicyclic amines) is 1. The number of fused-ring (bicyclic) bond motifs is 1. The third-order valence-electron chi connectivity index (χ3n) is 6.61. The fraction of sp³-hybridized carbons (Fsp3) is 0.385. The van der Waals surface area contributed by atoms with E-state index in [0.29, 0.717) is 31.4 Å². The number of piperidine rings is 1. The number of rotatable bonds is 5. The van der Waals surface area contributed by atoms with E-state index >= 15 is 0 Å². The van der Waals surface area contributed by atoms with Crippen molar-refractivity contribution in [2.24, 2.45) is 5.92 Å². The van der Waals surface area contributed by atoms with Crippen LogP contribution in [0.2, 0.25) is 0 Å². The molecule has 2 aliphatic heterocycles. The van der Waals surface area contributed by atoms with Gasteiger partial charge in [0.15, 0.2) is 5.69 Å². The first-order valence-corrected chi connectivity index (χ1v) is 11.4. The number of hydrogen-bond acceptors (Lipinski definition) is 3. The van der Waals surface area contributed by atoms with E-state index in [9.17, 15) is 9.18 Å². The summed E-state index contributed by atoms with van der Waals surface area (Å²) in [4.78, 5) is 15.3. The van der Waals surface area contributed by atoms with Gasteiger partial charge in [-0.15, -0.1) is 0 Å². The molecule has 1 fully saturated rings. The van der Waals surface area contributed by atoms with E-state index in [4.69, 9.17) is 9.84 Å². The van der Waals surface area contributed by atoms with Crippen molar-refractivity contribution in [1.82, 2.24) is 14.7 Å². The minimum absolute atomic E-state index is 0.00256. The Morgan fingerprint density at radius 3 is 2.53 bits per heavy atom. The fourth-order valence-corrected chi connectivity index (χ4v) is 4.81. The molecule has 166 valence electrons. The Morgan fingerprint density at radius 1 is 1.03 bits per heavy atom. The molecule has 1 aromatic heterocycles. The molecule has 3 heterocycles. The van der Waals surface area contributed by atoms with Crippen molar-refractivity contribution < 1.29 is 13.9 Å². The van der Waals surface area contributed by atoms with Gasteiger partial charge >= 0.3 is 0 Å². The predicted octanol–water partition coefficient (Wildman–Crippen LogP) is 4.24.